The zero-order valence-corrected chi connectivity index (χ0v) is 18.8. The molecule has 0 saturated carbocycles. The Morgan fingerprint density at radius 2 is 1.88 bits per heavy atom. The maximum Gasteiger partial charge on any atom is 0.491 e. The molecule has 0 atom stereocenters. The number of piperidine rings is 1. The molecule has 3 rings (SSSR count). The van der Waals surface area contributed by atoms with Gasteiger partial charge in [0, 0.05) is 12.1 Å². The van der Waals surface area contributed by atoms with Crippen molar-refractivity contribution in [1.82, 2.24) is 10.3 Å². The van der Waals surface area contributed by atoms with Crippen molar-refractivity contribution in [2.24, 2.45) is 5.92 Å². The molecule has 2 heterocycles. The summed E-state index contributed by atoms with van der Waals surface area (Å²) in [4.78, 5) is 41.5. The molecule has 2 aromatic rings. The standard InChI is InChI=1S/C22H22ClF3N4O4/c1-2-12-9-15(20(32)29-17-4-3-14(23)11-28-17)18(16(10-12)34-21(33)22(24,25)26)30-19(31)13-5-7-27-8-6-13/h3-4,9-11,13,27H,2,5-8H2,1H3,(H,30,31)(H,28,29,32). The molecule has 1 fully saturated rings. The number of ether oxygens (including phenoxy) is 1. The van der Waals surface area contributed by atoms with Crippen molar-refractivity contribution in [3.63, 3.8) is 0 Å². The van der Waals surface area contributed by atoms with Crippen molar-refractivity contribution in [3.8, 4) is 5.75 Å². The minimum absolute atomic E-state index is 0.126. The molecule has 1 aliphatic rings. The second kappa shape index (κ2) is 10.8. The highest BCUT2D eigenvalue weighted by Gasteiger charge is 2.42. The average molecular weight is 499 g/mol. The molecular weight excluding hydrogens is 477 g/mol. The van der Waals surface area contributed by atoms with Crippen LogP contribution in [0.25, 0.3) is 0 Å². The number of esters is 1. The topological polar surface area (TPSA) is 109 Å². The Bertz CT molecular complexity index is 1070. The van der Waals surface area contributed by atoms with E-state index in [2.05, 4.69) is 25.7 Å². The van der Waals surface area contributed by atoms with Crippen LogP contribution in [0.4, 0.5) is 24.7 Å². The van der Waals surface area contributed by atoms with Gasteiger partial charge in [0.2, 0.25) is 5.91 Å². The van der Waals surface area contributed by atoms with Gasteiger partial charge in [-0.3, -0.25) is 9.59 Å². The molecule has 0 bridgehead atoms. The first-order chi connectivity index (χ1) is 16.1. The van der Waals surface area contributed by atoms with E-state index in [4.69, 9.17) is 11.6 Å². The van der Waals surface area contributed by atoms with Crippen molar-refractivity contribution in [2.45, 2.75) is 32.4 Å². The van der Waals surface area contributed by atoms with E-state index in [9.17, 15) is 27.6 Å². The van der Waals surface area contributed by atoms with Crippen molar-refractivity contribution in [1.29, 1.82) is 0 Å². The summed E-state index contributed by atoms with van der Waals surface area (Å²) < 4.78 is 43.3. The summed E-state index contributed by atoms with van der Waals surface area (Å²) in [6, 6.07) is 5.53. The third-order valence-electron chi connectivity index (χ3n) is 5.18. The summed E-state index contributed by atoms with van der Waals surface area (Å²) in [5, 5.41) is 8.47. The molecule has 1 aliphatic heterocycles. The number of nitrogens with zero attached hydrogens (tertiary/aromatic N) is 1. The fourth-order valence-corrected chi connectivity index (χ4v) is 3.48. The number of aryl methyl sites for hydroxylation is 1. The van der Waals surface area contributed by atoms with Crippen LogP contribution >= 0.6 is 11.6 Å². The van der Waals surface area contributed by atoms with Crippen LogP contribution < -0.4 is 20.7 Å². The lowest BCUT2D eigenvalue weighted by molar-refractivity contribution is -0.189. The lowest BCUT2D eigenvalue weighted by atomic mass is 9.96. The number of halogens is 4. The van der Waals surface area contributed by atoms with E-state index in [-0.39, 0.29) is 17.1 Å². The number of hydrogen-bond donors (Lipinski definition) is 3. The van der Waals surface area contributed by atoms with E-state index in [1.54, 1.807) is 6.92 Å². The van der Waals surface area contributed by atoms with Crippen LogP contribution in [-0.4, -0.2) is 42.0 Å². The molecule has 1 aromatic heterocycles. The van der Waals surface area contributed by atoms with E-state index >= 15 is 0 Å². The summed E-state index contributed by atoms with van der Waals surface area (Å²) in [5.41, 5.74) is -0.0905. The molecule has 0 unspecified atom stereocenters. The summed E-state index contributed by atoms with van der Waals surface area (Å²) >= 11 is 5.80. The largest absolute Gasteiger partial charge is 0.491 e. The van der Waals surface area contributed by atoms with Crippen molar-refractivity contribution in [2.75, 3.05) is 23.7 Å². The number of anilines is 2. The van der Waals surface area contributed by atoms with Gasteiger partial charge in [0.1, 0.15) is 5.82 Å². The van der Waals surface area contributed by atoms with Gasteiger partial charge in [-0.2, -0.15) is 13.2 Å². The summed E-state index contributed by atoms with van der Waals surface area (Å²) in [7, 11) is 0. The lowest BCUT2D eigenvalue weighted by Crippen LogP contribution is -2.35. The second-order valence-corrected chi connectivity index (χ2v) is 8.02. The first-order valence-electron chi connectivity index (χ1n) is 10.5. The van der Waals surface area contributed by atoms with Gasteiger partial charge in [-0.25, -0.2) is 9.78 Å². The van der Waals surface area contributed by atoms with Crippen LogP contribution in [0.3, 0.4) is 0 Å². The van der Waals surface area contributed by atoms with Crippen LogP contribution in [0, 0.1) is 5.92 Å². The molecule has 3 N–H and O–H groups in total. The minimum Gasteiger partial charge on any atom is -0.418 e. The Hall–Kier alpha value is -3.18. The van der Waals surface area contributed by atoms with E-state index in [1.165, 1.54) is 30.5 Å². The average Bonchev–Trinajstić information content (AvgIpc) is 2.81. The van der Waals surface area contributed by atoms with Crippen LogP contribution in [0.2, 0.25) is 5.02 Å². The number of alkyl halides is 3. The van der Waals surface area contributed by atoms with Gasteiger partial charge in [-0.15, -0.1) is 0 Å². The first kappa shape index (κ1) is 25.4. The maximum atomic E-state index is 13.1. The van der Waals surface area contributed by atoms with Crippen molar-refractivity contribution >= 4 is 40.9 Å². The van der Waals surface area contributed by atoms with Crippen LogP contribution in [0.15, 0.2) is 30.5 Å². The number of aromatic nitrogens is 1. The monoisotopic (exact) mass is 498 g/mol. The van der Waals surface area contributed by atoms with Gasteiger partial charge in [-0.1, -0.05) is 18.5 Å². The number of pyridine rings is 1. The Kier molecular flexibility index (Phi) is 8.11. The molecule has 0 spiro atoms. The second-order valence-electron chi connectivity index (χ2n) is 7.59. The summed E-state index contributed by atoms with van der Waals surface area (Å²) in [5.74, 6) is -4.60. The van der Waals surface area contributed by atoms with Crippen LogP contribution in [0.5, 0.6) is 5.75 Å². The van der Waals surface area contributed by atoms with E-state index < -0.39 is 35.6 Å². The Balaban J connectivity index is 2.02. The van der Waals surface area contributed by atoms with Gasteiger partial charge in [0.25, 0.3) is 5.91 Å². The highest BCUT2D eigenvalue weighted by atomic mass is 35.5. The molecule has 182 valence electrons. The number of amides is 2. The molecule has 1 aromatic carbocycles. The van der Waals surface area contributed by atoms with Crippen molar-refractivity contribution in [3.05, 3.63) is 46.6 Å². The zero-order chi connectivity index (χ0) is 24.9. The summed E-state index contributed by atoms with van der Waals surface area (Å²) in [6.07, 6.45) is -2.64. The quantitative estimate of drug-likeness (QED) is 0.411. The zero-order valence-electron chi connectivity index (χ0n) is 18.1. The minimum atomic E-state index is -5.27. The predicted octanol–water partition coefficient (Wildman–Crippen LogP) is 3.96. The van der Waals surface area contributed by atoms with Gasteiger partial charge in [0.05, 0.1) is 16.3 Å². The Morgan fingerprint density at radius 3 is 2.47 bits per heavy atom. The molecule has 2 amide bonds. The van der Waals surface area contributed by atoms with Gasteiger partial charge < -0.3 is 20.7 Å². The predicted molar refractivity (Wildman–Crippen MR) is 119 cm³/mol. The van der Waals surface area contributed by atoms with Gasteiger partial charge in [0.15, 0.2) is 5.75 Å². The van der Waals surface area contributed by atoms with E-state index in [0.29, 0.717) is 42.9 Å². The number of nitrogens with one attached hydrogen (secondary N) is 3. The smallest absolute Gasteiger partial charge is 0.418 e. The Labute approximate surface area is 198 Å². The molecular formula is C22H22ClF3N4O4. The number of hydrogen-bond acceptors (Lipinski definition) is 6. The number of carbonyl (C=O) groups is 3. The fraction of sp³-hybridized carbons (Fsp3) is 0.364. The molecule has 8 nitrogen and oxygen atoms in total. The van der Waals surface area contributed by atoms with Gasteiger partial charge in [-0.05, 0) is 62.2 Å². The number of benzene rings is 1. The maximum absolute atomic E-state index is 13.1. The Morgan fingerprint density at radius 1 is 1.18 bits per heavy atom. The fourth-order valence-electron chi connectivity index (χ4n) is 3.37. The number of rotatable bonds is 6. The normalized spacial score (nSPS) is 14.4. The highest BCUT2D eigenvalue weighted by Crippen LogP contribution is 2.34. The molecule has 0 aliphatic carbocycles. The van der Waals surface area contributed by atoms with Crippen molar-refractivity contribution < 1.29 is 32.3 Å². The third-order valence-corrected chi connectivity index (χ3v) is 5.40. The van der Waals surface area contributed by atoms with E-state index in [1.807, 2.05) is 0 Å². The van der Waals surface area contributed by atoms with Gasteiger partial charge >= 0.3 is 12.1 Å². The third kappa shape index (κ3) is 6.45. The SMILES string of the molecule is CCc1cc(OC(=O)C(F)(F)F)c(NC(=O)C2CCNCC2)c(C(=O)Nc2ccc(Cl)cn2)c1. The van der Waals surface area contributed by atoms with Crippen LogP contribution in [-0.2, 0) is 16.0 Å². The highest BCUT2D eigenvalue weighted by molar-refractivity contribution is 6.30. The lowest BCUT2D eigenvalue weighted by Gasteiger charge is -2.23. The summed E-state index contributed by atoms with van der Waals surface area (Å²) in [6.45, 7) is 2.90. The molecule has 34 heavy (non-hydrogen) atoms. The molecule has 1 saturated heterocycles. The van der Waals surface area contributed by atoms with E-state index in [0.717, 1.165) is 0 Å². The molecule has 12 heteroatoms. The number of carbonyl (C=O) groups excluding carboxylic acids is 3. The van der Waals surface area contributed by atoms with Crippen LogP contribution in [0.1, 0.15) is 35.7 Å². The molecule has 0 radical (unpaired) electrons. The first-order valence-corrected chi connectivity index (χ1v) is 10.9.